The van der Waals surface area contributed by atoms with Gasteiger partial charge in [-0.1, -0.05) is 0 Å². The molecule has 0 bridgehead atoms. The lowest BCUT2D eigenvalue weighted by Gasteiger charge is -2.15. The van der Waals surface area contributed by atoms with Gasteiger partial charge in [0.15, 0.2) is 0 Å². The minimum absolute atomic E-state index is 0.0195. The highest BCUT2D eigenvalue weighted by Crippen LogP contribution is 2.19. The van der Waals surface area contributed by atoms with Gasteiger partial charge in [-0.2, -0.15) is 5.26 Å². The second-order valence-corrected chi connectivity index (χ2v) is 4.94. The molecule has 6 nitrogen and oxygen atoms in total. The fourth-order valence-corrected chi connectivity index (χ4v) is 1.44. The summed E-state index contributed by atoms with van der Waals surface area (Å²) >= 11 is 0. The van der Waals surface area contributed by atoms with Crippen molar-refractivity contribution in [3.63, 3.8) is 0 Å². The Labute approximate surface area is 111 Å². The Kier molecular flexibility index (Phi) is 4.22. The predicted octanol–water partition coefficient (Wildman–Crippen LogP) is 2.18. The van der Waals surface area contributed by atoms with Crippen molar-refractivity contribution in [2.75, 3.05) is 6.54 Å². The molecular weight excluding hydrogens is 246 g/mol. The molecule has 1 amide bonds. The molecule has 0 atom stereocenters. The number of aryl methyl sites for hydroxylation is 1. The van der Waals surface area contributed by atoms with Gasteiger partial charge in [-0.15, -0.1) is 0 Å². The van der Waals surface area contributed by atoms with E-state index in [1.165, 1.54) is 18.2 Å². The van der Waals surface area contributed by atoms with Gasteiger partial charge >= 0.3 is 0 Å². The number of hydrogen-bond donors (Lipinski definition) is 1. The van der Waals surface area contributed by atoms with Crippen LogP contribution in [-0.2, 0) is 0 Å². The molecule has 1 aromatic carbocycles. The molecule has 0 saturated heterocycles. The highest BCUT2D eigenvalue weighted by atomic mass is 16.6. The Balaban J connectivity index is 2.82. The maximum absolute atomic E-state index is 11.9. The van der Waals surface area contributed by atoms with Crippen LogP contribution in [-0.4, -0.2) is 17.4 Å². The first-order valence-corrected chi connectivity index (χ1v) is 5.71. The lowest BCUT2D eigenvalue weighted by molar-refractivity contribution is -0.385. The van der Waals surface area contributed by atoms with E-state index >= 15 is 0 Å². The van der Waals surface area contributed by atoms with E-state index in [1.807, 2.05) is 0 Å². The number of nitrogens with one attached hydrogen (secondary N) is 1. The maximum atomic E-state index is 11.9. The standard InChI is InChI=1S/C13H15N3O3/c1-9-6-10(4-5-11(9)16(18)19)12(17)15-8-13(2,3)7-14/h4-6H,8H2,1-3H3,(H,15,17). The predicted molar refractivity (Wildman–Crippen MR) is 69.6 cm³/mol. The zero-order valence-corrected chi connectivity index (χ0v) is 11.1. The molecule has 0 aliphatic carbocycles. The number of rotatable bonds is 4. The van der Waals surface area contributed by atoms with Crippen molar-refractivity contribution in [1.29, 1.82) is 5.26 Å². The summed E-state index contributed by atoms with van der Waals surface area (Å²) in [6.45, 7) is 5.23. The molecule has 6 heteroatoms. The van der Waals surface area contributed by atoms with Crippen LogP contribution in [0.15, 0.2) is 18.2 Å². The van der Waals surface area contributed by atoms with E-state index in [9.17, 15) is 14.9 Å². The van der Waals surface area contributed by atoms with Crippen LogP contribution in [0.25, 0.3) is 0 Å². The molecule has 1 aromatic rings. The molecule has 1 N–H and O–H groups in total. The molecule has 0 aliphatic rings. The zero-order chi connectivity index (χ0) is 14.6. The summed E-state index contributed by atoms with van der Waals surface area (Å²) in [7, 11) is 0. The number of nitro benzene ring substituents is 1. The summed E-state index contributed by atoms with van der Waals surface area (Å²) in [5.41, 5.74) is 0.105. The van der Waals surface area contributed by atoms with Crippen molar-refractivity contribution >= 4 is 11.6 Å². The Morgan fingerprint density at radius 3 is 2.63 bits per heavy atom. The summed E-state index contributed by atoms with van der Waals surface area (Å²) in [4.78, 5) is 22.0. The van der Waals surface area contributed by atoms with Gasteiger partial charge in [0.1, 0.15) is 0 Å². The first kappa shape index (κ1) is 14.6. The first-order chi connectivity index (χ1) is 8.76. The first-order valence-electron chi connectivity index (χ1n) is 5.71. The number of nitriles is 1. The SMILES string of the molecule is Cc1cc(C(=O)NCC(C)(C)C#N)ccc1[N+](=O)[O-]. The van der Waals surface area contributed by atoms with Gasteiger partial charge in [0.05, 0.1) is 16.4 Å². The van der Waals surface area contributed by atoms with E-state index in [2.05, 4.69) is 11.4 Å². The number of amides is 1. The lowest BCUT2D eigenvalue weighted by Crippen LogP contribution is -2.33. The summed E-state index contributed by atoms with van der Waals surface area (Å²) < 4.78 is 0. The van der Waals surface area contributed by atoms with Crippen molar-refractivity contribution in [2.45, 2.75) is 20.8 Å². The van der Waals surface area contributed by atoms with Crippen LogP contribution < -0.4 is 5.32 Å². The van der Waals surface area contributed by atoms with Gasteiger partial charge in [0.2, 0.25) is 0 Å². The largest absolute Gasteiger partial charge is 0.350 e. The summed E-state index contributed by atoms with van der Waals surface area (Å²) in [6.07, 6.45) is 0. The molecule has 0 fully saturated rings. The van der Waals surface area contributed by atoms with Gasteiger partial charge in [-0.25, -0.2) is 0 Å². The van der Waals surface area contributed by atoms with Crippen molar-refractivity contribution in [2.24, 2.45) is 5.41 Å². The molecule has 0 saturated carbocycles. The maximum Gasteiger partial charge on any atom is 0.272 e. The van der Waals surface area contributed by atoms with Crippen molar-refractivity contribution in [1.82, 2.24) is 5.32 Å². The molecule has 0 unspecified atom stereocenters. The van der Waals surface area contributed by atoms with Crippen molar-refractivity contribution in [3.05, 3.63) is 39.4 Å². The number of hydrogen-bond acceptors (Lipinski definition) is 4. The third kappa shape index (κ3) is 3.78. The minimum atomic E-state index is -0.647. The smallest absolute Gasteiger partial charge is 0.272 e. The van der Waals surface area contributed by atoms with Gasteiger partial charge in [-0.3, -0.25) is 14.9 Å². The molecule has 0 aliphatic heterocycles. The fraction of sp³-hybridized carbons (Fsp3) is 0.385. The fourth-order valence-electron chi connectivity index (χ4n) is 1.44. The molecule has 0 aromatic heterocycles. The molecule has 0 radical (unpaired) electrons. The Hall–Kier alpha value is -2.42. The Bertz CT molecular complexity index is 559. The molecular formula is C13H15N3O3. The topological polar surface area (TPSA) is 96.0 Å². The van der Waals surface area contributed by atoms with Gasteiger partial charge < -0.3 is 5.32 Å². The van der Waals surface area contributed by atoms with Gasteiger partial charge in [-0.05, 0) is 32.9 Å². The number of carbonyl (C=O) groups is 1. The highest BCUT2D eigenvalue weighted by molar-refractivity contribution is 5.94. The molecule has 0 heterocycles. The van der Waals surface area contributed by atoms with E-state index in [1.54, 1.807) is 20.8 Å². The van der Waals surface area contributed by atoms with Gasteiger partial charge in [0.25, 0.3) is 11.6 Å². The number of carbonyl (C=O) groups excluding carboxylic acids is 1. The normalized spacial score (nSPS) is 10.6. The summed E-state index contributed by atoms with van der Waals surface area (Å²) in [6, 6.07) is 6.25. The molecule has 1 rings (SSSR count). The van der Waals surface area contributed by atoms with E-state index in [4.69, 9.17) is 5.26 Å². The number of nitrogens with zero attached hydrogens (tertiary/aromatic N) is 2. The highest BCUT2D eigenvalue weighted by Gasteiger charge is 2.19. The van der Waals surface area contributed by atoms with Crippen LogP contribution in [0, 0.1) is 33.8 Å². The van der Waals surface area contributed by atoms with Crippen molar-refractivity contribution in [3.8, 4) is 6.07 Å². The van der Waals surface area contributed by atoms with Crippen molar-refractivity contribution < 1.29 is 9.72 Å². The van der Waals surface area contributed by atoms with E-state index in [-0.39, 0.29) is 18.1 Å². The van der Waals surface area contributed by atoms with E-state index in [0.717, 1.165) is 0 Å². The quantitative estimate of drug-likeness (QED) is 0.663. The number of nitro groups is 1. The molecule has 100 valence electrons. The zero-order valence-electron chi connectivity index (χ0n) is 11.1. The average molecular weight is 261 g/mol. The van der Waals surface area contributed by atoms with Crippen LogP contribution >= 0.6 is 0 Å². The average Bonchev–Trinajstić information content (AvgIpc) is 2.35. The Morgan fingerprint density at radius 1 is 1.53 bits per heavy atom. The number of benzene rings is 1. The van der Waals surface area contributed by atoms with E-state index in [0.29, 0.717) is 11.1 Å². The van der Waals surface area contributed by atoms with Gasteiger partial charge in [0, 0.05) is 23.7 Å². The van der Waals surface area contributed by atoms with E-state index < -0.39 is 10.3 Å². The summed E-state index contributed by atoms with van der Waals surface area (Å²) in [5.74, 6) is -0.346. The lowest BCUT2D eigenvalue weighted by atomic mass is 9.96. The monoisotopic (exact) mass is 261 g/mol. The Morgan fingerprint density at radius 2 is 2.16 bits per heavy atom. The van der Waals surface area contributed by atoms with Crippen LogP contribution in [0.1, 0.15) is 29.8 Å². The minimum Gasteiger partial charge on any atom is -0.350 e. The van der Waals surface area contributed by atoms with Crippen LogP contribution in [0.4, 0.5) is 5.69 Å². The molecule has 0 spiro atoms. The van der Waals surface area contributed by atoms with Crippen LogP contribution in [0.5, 0.6) is 0 Å². The third-order valence-corrected chi connectivity index (χ3v) is 2.65. The van der Waals surface area contributed by atoms with Crippen LogP contribution in [0.3, 0.4) is 0 Å². The second kappa shape index (κ2) is 5.48. The second-order valence-electron chi connectivity index (χ2n) is 4.94. The molecule has 19 heavy (non-hydrogen) atoms. The summed E-state index contributed by atoms with van der Waals surface area (Å²) in [5, 5.41) is 22.1. The van der Waals surface area contributed by atoms with Crippen LogP contribution in [0.2, 0.25) is 0 Å². The third-order valence-electron chi connectivity index (χ3n) is 2.65.